The van der Waals surface area contributed by atoms with E-state index in [1.165, 1.54) is 0 Å². The maximum absolute atomic E-state index is 12.4. The van der Waals surface area contributed by atoms with Crippen molar-refractivity contribution in [3.63, 3.8) is 0 Å². The number of nitrogens with one attached hydrogen (secondary N) is 2. The molecule has 2 N–H and O–H groups in total. The number of sulfonamides is 1. The lowest BCUT2D eigenvalue weighted by atomic mass is 10.2. The van der Waals surface area contributed by atoms with E-state index in [0.717, 1.165) is 24.9 Å². The van der Waals surface area contributed by atoms with Crippen molar-refractivity contribution in [2.24, 2.45) is 5.41 Å². The Bertz CT molecular complexity index is 583. The molecule has 0 atom stereocenters. The lowest BCUT2D eigenvalue weighted by molar-refractivity contribution is 0.530. The second-order valence-electron chi connectivity index (χ2n) is 5.68. The third-order valence-corrected chi connectivity index (χ3v) is 6.05. The first-order valence-corrected chi connectivity index (χ1v) is 9.13. The van der Waals surface area contributed by atoms with E-state index in [4.69, 9.17) is 0 Å². The van der Waals surface area contributed by atoms with Crippen LogP contribution < -0.4 is 10.0 Å². The molecule has 20 heavy (non-hydrogen) atoms. The van der Waals surface area contributed by atoms with Gasteiger partial charge in [-0.25, -0.2) is 13.1 Å². The minimum atomic E-state index is -3.46. The standard InChI is InChI=1S/C14H21BrN2O2S/c1-3-16-9-11-4-5-12(15)13(8-11)20(18,19)17-10-14(2)6-7-14/h4-5,8,16-17H,3,6-7,9-10H2,1-2H3. The Morgan fingerprint density at radius 3 is 2.65 bits per heavy atom. The number of halogens is 1. The van der Waals surface area contributed by atoms with E-state index in [-0.39, 0.29) is 5.41 Å². The first kappa shape index (κ1) is 15.9. The summed E-state index contributed by atoms with van der Waals surface area (Å²) in [4.78, 5) is 0.317. The SMILES string of the molecule is CCNCc1ccc(Br)c(S(=O)(=O)NCC2(C)CC2)c1. The van der Waals surface area contributed by atoms with Crippen molar-refractivity contribution in [3.8, 4) is 0 Å². The number of hydrogen-bond acceptors (Lipinski definition) is 3. The van der Waals surface area contributed by atoms with Crippen LogP contribution in [0.15, 0.2) is 27.6 Å². The van der Waals surface area contributed by atoms with Crippen molar-refractivity contribution in [1.29, 1.82) is 0 Å². The molecule has 112 valence electrons. The van der Waals surface area contributed by atoms with Crippen molar-refractivity contribution >= 4 is 26.0 Å². The molecule has 0 bridgehead atoms. The summed E-state index contributed by atoms with van der Waals surface area (Å²) in [6, 6.07) is 5.44. The molecule has 1 aromatic carbocycles. The third kappa shape index (κ3) is 4.04. The second kappa shape index (κ2) is 6.13. The average Bonchev–Trinajstić information content (AvgIpc) is 3.14. The highest BCUT2D eigenvalue weighted by Crippen LogP contribution is 2.44. The molecule has 1 aliphatic carbocycles. The quantitative estimate of drug-likeness (QED) is 0.785. The highest BCUT2D eigenvalue weighted by Gasteiger charge is 2.38. The Labute approximate surface area is 129 Å². The van der Waals surface area contributed by atoms with E-state index in [0.29, 0.717) is 22.5 Å². The molecule has 1 saturated carbocycles. The van der Waals surface area contributed by atoms with Crippen LogP contribution in [0, 0.1) is 5.41 Å². The van der Waals surface area contributed by atoms with Gasteiger partial charge < -0.3 is 5.32 Å². The van der Waals surface area contributed by atoms with E-state index in [2.05, 4.69) is 32.9 Å². The molecule has 0 aromatic heterocycles. The number of hydrogen-bond donors (Lipinski definition) is 2. The van der Waals surface area contributed by atoms with Crippen LogP contribution in [-0.2, 0) is 16.6 Å². The first-order chi connectivity index (χ1) is 9.36. The molecule has 0 amide bonds. The van der Waals surface area contributed by atoms with Crippen molar-refractivity contribution in [2.75, 3.05) is 13.1 Å². The molecule has 0 spiro atoms. The van der Waals surface area contributed by atoms with Gasteiger partial charge in [-0.05, 0) is 58.4 Å². The van der Waals surface area contributed by atoms with Crippen LogP contribution in [0.3, 0.4) is 0 Å². The lowest BCUT2D eigenvalue weighted by Gasteiger charge is -2.13. The smallest absolute Gasteiger partial charge is 0.241 e. The number of benzene rings is 1. The van der Waals surface area contributed by atoms with Gasteiger partial charge in [0.1, 0.15) is 0 Å². The summed E-state index contributed by atoms with van der Waals surface area (Å²) in [7, 11) is -3.46. The normalized spacial score (nSPS) is 17.1. The minimum Gasteiger partial charge on any atom is -0.313 e. The lowest BCUT2D eigenvalue weighted by Crippen LogP contribution is -2.29. The summed E-state index contributed by atoms with van der Waals surface area (Å²) in [5, 5.41) is 3.20. The van der Waals surface area contributed by atoms with Gasteiger partial charge in [0.05, 0.1) is 4.90 Å². The fraction of sp³-hybridized carbons (Fsp3) is 0.571. The monoisotopic (exact) mass is 360 g/mol. The van der Waals surface area contributed by atoms with Crippen LogP contribution in [0.4, 0.5) is 0 Å². The molecule has 1 fully saturated rings. The highest BCUT2D eigenvalue weighted by atomic mass is 79.9. The van der Waals surface area contributed by atoms with Crippen molar-refractivity contribution in [1.82, 2.24) is 10.0 Å². The Morgan fingerprint density at radius 2 is 2.05 bits per heavy atom. The van der Waals surface area contributed by atoms with Crippen molar-refractivity contribution < 1.29 is 8.42 Å². The van der Waals surface area contributed by atoms with Crippen LogP contribution in [0.5, 0.6) is 0 Å². The minimum absolute atomic E-state index is 0.154. The van der Waals surface area contributed by atoms with Crippen molar-refractivity contribution in [3.05, 3.63) is 28.2 Å². The molecule has 0 saturated heterocycles. The third-order valence-electron chi connectivity index (χ3n) is 3.66. The Kier molecular flexibility index (Phi) is 4.89. The number of rotatable bonds is 7. The van der Waals surface area contributed by atoms with E-state index in [1.807, 2.05) is 13.0 Å². The predicted molar refractivity (Wildman–Crippen MR) is 84.1 cm³/mol. The molecule has 1 aliphatic rings. The largest absolute Gasteiger partial charge is 0.313 e. The van der Waals surface area contributed by atoms with Crippen molar-refractivity contribution in [2.45, 2.75) is 38.1 Å². The Morgan fingerprint density at radius 1 is 1.35 bits per heavy atom. The maximum atomic E-state index is 12.4. The summed E-state index contributed by atoms with van der Waals surface area (Å²) in [5.41, 5.74) is 1.12. The van der Waals surface area contributed by atoms with E-state index < -0.39 is 10.0 Å². The first-order valence-electron chi connectivity index (χ1n) is 6.85. The summed E-state index contributed by atoms with van der Waals surface area (Å²) in [6.07, 6.45) is 2.19. The van der Waals surface area contributed by atoms with Crippen LogP contribution in [0.1, 0.15) is 32.3 Å². The molecular formula is C14H21BrN2O2S. The molecule has 0 radical (unpaired) electrons. The summed E-state index contributed by atoms with van der Waals surface area (Å²) < 4.78 is 28.1. The van der Waals surface area contributed by atoms with Crippen LogP contribution >= 0.6 is 15.9 Å². The van der Waals surface area contributed by atoms with Gasteiger partial charge >= 0.3 is 0 Å². The van der Waals surface area contributed by atoms with Gasteiger partial charge in [0.25, 0.3) is 0 Å². The molecular weight excluding hydrogens is 340 g/mol. The zero-order valence-electron chi connectivity index (χ0n) is 11.9. The second-order valence-corrected chi connectivity index (χ2v) is 8.27. The fourth-order valence-corrected chi connectivity index (χ4v) is 4.08. The van der Waals surface area contributed by atoms with Gasteiger partial charge in [0.2, 0.25) is 10.0 Å². The van der Waals surface area contributed by atoms with Gasteiger partial charge in [-0.15, -0.1) is 0 Å². The van der Waals surface area contributed by atoms with Gasteiger partial charge in [-0.3, -0.25) is 0 Å². The van der Waals surface area contributed by atoms with Crippen LogP contribution in [-0.4, -0.2) is 21.5 Å². The molecule has 0 heterocycles. The van der Waals surface area contributed by atoms with E-state index >= 15 is 0 Å². The molecule has 0 aliphatic heterocycles. The highest BCUT2D eigenvalue weighted by molar-refractivity contribution is 9.10. The van der Waals surface area contributed by atoms with Gasteiger partial charge in [-0.2, -0.15) is 0 Å². The van der Waals surface area contributed by atoms with Gasteiger partial charge in [0, 0.05) is 17.6 Å². The Hall–Kier alpha value is -0.430. The molecule has 0 unspecified atom stereocenters. The van der Waals surface area contributed by atoms with Gasteiger partial charge in [-0.1, -0.05) is 19.9 Å². The van der Waals surface area contributed by atoms with E-state index in [9.17, 15) is 8.42 Å². The zero-order chi connectivity index (χ0) is 14.8. The Balaban J connectivity index is 2.16. The molecule has 6 heteroatoms. The predicted octanol–water partition coefficient (Wildman–Crippen LogP) is 2.64. The average molecular weight is 361 g/mol. The fourth-order valence-electron chi connectivity index (χ4n) is 1.87. The summed E-state index contributed by atoms with van der Waals surface area (Å²) >= 11 is 3.33. The summed E-state index contributed by atoms with van der Waals surface area (Å²) in [6.45, 7) is 6.17. The topological polar surface area (TPSA) is 58.2 Å². The van der Waals surface area contributed by atoms with Gasteiger partial charge in [0.15, 0.2) is 0 Å². The van der Waals surface area contributed by atoms with Crippen LogP contribution in [0.2, 0.25) is 0 Å². The molecule has 1 aromatic rings. The maximum Gasteiger partial charge on any atom is 0.241 e. The summed E-state index contributed by atoms with van der Waals surface area (Å²) in [5.74, 6) is 0. The molecule has 4 nitrogen and oxygen atoms in total. The van der Waals surface area contributed by atoms with E-state index in [1.54, 1.807) is 12.1 Å². The zero-order valence-corrected chi connectivity index (χ0v) is 14.3. The molecule has 2 rings (SSSR count). The van der Waals surface area contributed by atoms with Crippen LogP contribution in [0.25, 0.3) is 0 Å².